The van der Waals surface area contributed by atoms with Crippen molar-refractivity contribution in [3.63, 3.8) is 0 Å². The summed E-state index contributed by atoms with van der Waals surface area (Å²) in [5, 5.41) is 0. The molecule has 0 aliphatic carbocycles. The summed E-state index contributed by atoms with van der Waals surface area (Å²) < 4.78 is 11.7. The number of carbonyl (C=O) groups excluding carboxylic acids is 1. The Hall–Kier alpha value is -1.07. The molecule has 2 N–H and O–H groups in total. The zero-order chi connectivity index (χ0) is 15.7. The van der Waals surface area contributed by atoms with Crippen LogP contribution in [0.2, 0.25) is 0 Å². The molecule has 0 heterocycles. The number of ether oxygens (including phenoxy) is 2. The largest absolute Gasteiger partial charge is 0.493 e. The van der Waals surface area contributed by atoms with E-state index in [4.69, 9.17) is 15.2 Å². The summed E-state index contributed by atoms with van der Waals surface area (Å²) in [7, 11) is 0. The van der Waals surface area contributed by atoms with Crippen molar-refractivity contribution in [1.29, 1.82) is 0 Å². The van der Waals surface area contributed by atoms with Crippen LogP contribution in [-0.4, -0.2) is 19.2 Å². The molecule has 4 nitrogen and oxygen atoms in total. The molecule has 0 aliphatic rings. The summed E-state index contributed by atoms with van der Waals surface area (Å²) >= 11 is 3.44. The lowest BCUT2D eigenvalue weighted by Gasteiger charge is -2.14. The molecule has 1 rings (SSSR count). The van der Waals surface area contributed by atoms with Crippen molar-refractivity contribution in [2.45, 2.75) is 45.6 Å². The molecule has 1 aromatic carbocycles. The molecule has 0 radical (unpaired) electrons. The Morgan fingerprint density at radius 2 is 2.10 bits per heavy atom. The lowest BCUT2D eigenvalue weighted by Crippen LogP contribution is -2.09. The molecule has 0 bridgehead atoms. The molecular formula is C16H24BrNO3. The standard InChI is InChI=1S/C16H24BrNO3/c1-3-20-16(19)7-5-4-6-10-21-15-11-13(17)8-9-14(15)12(2)18/h8-9,11-12H,3-7,10,18H2,1-2H3/t12-/m1/s1. The molecule has 0 saturated carbocycles. The molecule has 0 unspecified atom stereocenters. The van der Waals surface area contributed by atoms with Crippen molar-refractivity contribution >= 4 is 21.9 Å². The Labute approximate surface area is 135 Å². The van der Waals surface area contributed by atoms with Crippen LogP contribution in [0.3, 0.4) is 0 Å². The van der Waals surface area contributed by atoms with E-state index in [1.54, 1.807) is 0 Å². The fraction of sp³-hybridized carbons (Fsp3) is 0.562. The summed E-state index contributed by atoms with van der Waals surface area (Å²) in [6.07, 6.45) is 3.17. The van der Waals surface area contributed by atoms with Gasteiger partial charge in [-0.3, -0.25) is 4.79 Å². The zero-order valence-corrected chi connectivity index (χ0v) is 14.3. The molecule has 1 atom stereocenters. The summed E-state index contributed by atoms with van der Waals surface area (Å²) in [6, 6.07) is 5.82. The van der Waals surface area contributed by atoms with E-state index < -0.39 is 0 Å². The highest BCUT2D eigenvalue weighted by Gasteiger charge is 2.08. The van der Waals surface area contributed by atoms with Gasteiger partial charge in [0.1, 0.15) is 5.75 Å². The number of esters is 1. The first kappa shape index (κ1) is 18.0. The fourth-order valence-corrected chi connectivity index (χ4v) is 2.31. The summed E-state index contributed by atoms with van der Waals surface area (Å²) in [4.78, 5) is 11.2. The predicted octanol–water partition coefficient (Wildman–Crippen LogP) is 3.97. The first-order valence-electron chi connectivity index (χ1n) is 7.38. The third kappa shape index (κ3) is 6.96. The van der Waals surface area contributed by atoms with Gasteiger partial charge < -0.3 is 15.2 Å². The SMILES string of the molecule is CCOC(=O)CCCCCOc1cc(Br)ccc1[C@@H](C)N. The van der Waals surface area contributed by atoms with Crippen LogP contribution in [0.5, 0.6) is 5.75 Å². The lowest BCUT2D eigenvalue weighted by atomic mass is 10.1. The Morgan fingerprint density at radius 1 is 1.33 bits per heavy atom. The molecule has 0 fully saturated rings. The number of nitrogens with two attached hydrogens (primary N) is 1. The maximum atomic E-state index is 11.2. The third-order valence-electron chi connectivity index (χ3n) is 3.05. The van der Waals surface area contributed by atoms with E-state index in [1.165, 1.54) is 0 Å². The average molecular weight is 358 g/mol. The first-order valence-corrected chi connectivity index (χ1v) is 8.17. The van der Waals surface area contributed by atoms with Crippen LogP contribution in [0.15, 0.2) is 22.7 Å². The van der Waals surface area contributed by atoms with E-state index in [-0.39, 0.29) is 12.0 Å². The number of carbonyl (C=O) groups is 1. The molecule has 0 amide bonds. The molecular weight excluding hydrogens is 334 g/mol. The van der Waals surface area contributed by atoms with E-state index in [9.17, 15) is 4.79 Å². The van der Waals surface area contributed by atoms with Crippen LogP contribution in [0.1, 0.15) is 51.1 Å². The zero-order valence-electron chi connectivity index (χ0n) is 12.7. The van der Waals surface area contributed by atoms with Crippen LogP contribution >= 0.6 is 15.9 Å². The summed E-state index contributed by atoms with van der Waals surface area (Å²) in [5.74, 6) is 0.703. The Bertz CT molecular complexity index is 449. The van der Waals surface area contributed by atoms with Gasteiger partial charge in [-0.1, -0.05) is 22.0 Å². The van der Waals surface area contributed by atoms with Gasteiger partial charge >= 0.3 is 5.97 Å². The van der Waals surface area contributed by atoms with Crippen molar-refractivity contribution < 1.29 is 14.3 Å². The molecule has 0 aliphatic heterocycles. The van der Waals surface area contributed by atoms with Crippen molar-refractivity contribution in [3.05, 3.63) is 28.2 Å². The topological polar surface area (TPSA) is 61.5 Å². The monoisotopic (exact) mass is 357 g/mol. The quantitative estimate of drug-likeness (QED) is 0.536. The van der Waals surface area contributed by atoms with Gasteiger partial charge in [0.15, 0.2) is 0 Å². The minimum atomic E-state index is -0.121. The molecule has 0 spiro atoms. The minimum absolute atomic E-state index is 0.0584. The van der Waals surface area contributed by atoms with Gasteiger partial charge in [-0.05, 0) is 45.2 Å². The molecule has 0 aromatic heterocycles. The van der Waals surface area contributed by atoms with Gasteiger partial charge in [0.05, 0.1) is 13.2 Å². The molecule has 5 heteroatoms. The second-order valence-electron chi connectivity index (χ2n) is 4.93. The Kier molecular flexibility index (Phi) is 8.38. The number of benzene rings is 1. The maximum Gasteiger partial charge on any atom is 0.305 e. The number of hydrogen-bond donors (Lipinski definition) is 1. The first-order chi connectivity index (χ1) is 10.0. The van der Waals surface area contributed by atoms with Gasteiger partial charge in [-0.15, -0.1) is 0 Å². The summed E-state index contributed by atoms with van der Waals surface area (Å²) in [5.41, 5.74) is 6.94. The number of unbranched alkanes of at least 4 members (excludes halogenated alkanes) is 2. The predicted molar refractivity (Wildman–Crippen MR) is 87.3 cm³/mol. The van der Waals surface area contributed by atoms with Gasteiger partial charge in [0, 0.05) is 22.5 Å². The Balaban J connectivity index is 2.29. The van der Waals surface area contributed by atoms with Crippen LogP contribution in [-0.2, 0) is 9.53 Å². The van der Waals surface area contributed by atoms with Crippen LogP contribution in [0, 0.1) is 0 Å². The van der Waals surface area contributed by atoms with Gasteiger partial charge in [-0.2, -0.15) is 0 Å². The van der Waals surface area contributed by atoms with Crippen molar-refractivity contribution in [3.8, 4) is 5.75 Å². The van der Waals surface area contributed by atoms with E-state index in [1.807, 2.05) is 32.0 Å². The van der Waals surface area contributed by atoms with E-state index in [0.29, 0.717) is 19.6 Å². The average Bonchev–Trinajstić information content (AvgIpc) is 2.42. The Morgan fingerprint density at radius 3 is 2.76 bits per heavy atom. The normalized spacial score (nSPS) is 12.0. The second-order valence-corrected chi connectivity index (χ2v) is 5.85. The van der Waals surface area contributed by atoms with E-state index in [0.717, 1.165) is 35.0 Å². The van der Waals surface area contributed by atoms with Gasteiger partial charge in [0.2, 0.25) is 0 Å². The number of rotatable bonds is 9. The highest BCUT2D eigenvalue weighted by atomic mass is 79.9. The van der Waals surface area contributed by atoms with Crippen LogP contribution in [0.25, 0.3) is 0 Å². The number of hydrogen-bond acceptors (Lipinski definition) is 4. The fourth-order valence-electron chi connectivity index (χ4n) is 1.97. The third-order valence-corrected chi connectivity index (χ3v) is 3.55. The highest BCUT2D eigenvalue weighted by molar-refractivity contribution is 9.10. The molecule has 21 heavy (non-hydrogen) atoms. The maximum absolute atomic E-state index is 11.2. The van der Waals surface area contributed by atoms with Gasteiger partial charge in [0.25, 0.3) is 0 Å². The minimum Gasteiger partial charge on any atom is -0.493 e. The molecule has 1 aromatic rings. The number of halogens is 1. The highest BCUT2D eigenvalue weighted by Crippen LogP contribution is 2.27. The van der Waals surface area contributed by atoms with Crippen LogP contribution < -0.4 is 10.5 Å². The van der Waals surface area contributed by atoms with Crippen molar-refractivity contribution in [2.75, 3.05) is 13.2 Å². The lowest BCUT2D eigenvalue weighted by molar-refractivity contribution is -0.143. The molecule has 0 saturated heterocycles. The second kappa shape index (κ2) is 9.79. The van der Waals surface area contributed by atoms with Gasteiger partial charge in [-0.25, -0.2) is 0 Å². The van der Waals surface area contributed by atoms with Crippen LogP contribution in [0.4, 0.5) is 0 Å². The van der Waals surface area contributed by atoms with E-state index >= 15 is 0 Å². The smallest absolute Gasteiger partial charge is 0.305 e. The van der Waals surface area contributed by atoms with Crippen molar-refractivity contribution in [2.24, 2.45) is 5.73 Å². The van der Waals surface area contributed by atoms with E-state index in [2.05, 4.69) is 15.9 Å². The summed E-state index contributed by atoms with van der Waals surface area (Å²) in [6.45, 7) is 4.83. The van der Waals surface area contributed by atoms with Crippen molar-refractivity contribution in [1.82, 2.24) is 0 Å². The molecule has 118 valence electrons.